The molecule has 0 bridgehead atoms. The van der Waals surface area contributed by atoms with Crippen molar-refractivity contribution in [2.45, 2.75) is 26.4 Å². The van der Waals surface area contributed by atoms with E-state index < -0.39 is 5.60 Å². The maximum absolute atomic E-state index is 10.6. The van der Waals surface area contributed by atoms with Crippen LogP contribution in [-0.4, -0.2) is 47.1 Å². The lowest BCUT2D eigenvalue weighted by Gasteiger charge is -2.20. The van der Waals surface area contributed by atoms with Crippen LogP contribution in [-0.2, 0) is 12.6 Å². The van der Waals surface area contributed by atoms with E-state index in [4.69, 9.17) is 4.74 Å². The van der Waals surface area contributed by atoms with Crippen molar-refractivity contribution in [1.29, 1.82) is 0 Å². The molecule has 0 spiro atoms. The number of aliphatic hydroxyl groups is 1. The Hall–Kier alpha value is -2.54. The summed E-state index contributed by atoms with van der Waals surface area (Å²) < 4.78 is 7.44. The lowest BCUT2D eigenvalue weighted by atomic mass is 10.0. The fourth-order valence-corrected chi connectivity index (χ4v) is 2.41. The van der Waals surface area contributed by atoms with Crippen molar-refractivity contribution in [3.63, 3.8) is 0 Å². The van der Waals surface area contributed by atoms with Crippen molar-refractivity contribution < 1.29 is 9.84 Å². The highest BCUT2D eigenvalue weighted by Crippen LogP contribution is 2.19. The van der Waals surface area contributed by atoms with Gasteiger partial charge in [-0.05, 0) is 32.4 Å². The number of aromatic nitrogens is 2. The van der Waals surface area contributed by atoms with E-state index in [1.165, 1.54) is 0 Å². The Balaban J connectivity index is 1.87. The van der Waals surface area contributed by atoms with Crippen LogP contribution in [0, 0.1) is 6.92 Å². The minimum Gasteiger partial charge on any atom is -0.491 e. The fraction of sp³-hybridized carbons (Fsp3) is 0.474. The van der Waals surface area contributed by atoms with Gasteiger partial charge in [0, 0.05) is 25.4 Å². The molecule has 1 atom stereocenters. The number of rotatable bonds is 8. The van der Waals surface area contributed by atoms with E-state index in [2.05, 4.69) is 20.7 Å². The van der Waals surface area contributed by atoms with Gasteiger partial charge in [0.25, 0.3) is 0 Å². The number of nitrogens with one attached hydrogen (secondary N) is 2. The molecule has 0 aliphatic carbocycles. The van der Waals surface area contributed by atoms with Gasteiger partial charge in [-0.25, -0.2) is 4.99 Å². The average molecular weight is 359 g/mol. The molecule has 142 valence electrons. The maximum atomic E-state index is 10.6. The molecule has 2 rings (SSSR count). The first kappa shape index (κ1) is 19.8. The molecule has 0 aliphatic rings. The van der Waals surface area contributed by atoms with Crippen LogP contribution < -0.4 is 15.4 Å². The third-order valence-corrected chi connectivity index (χ3v) is 3.96. The Morgan fingerprint density at radius 3 is 2.77 bits per heavy atom. The fourth-order valence-electron chi connectivity index (χ4n) is 2.41. The molecular weight excluding hydrogens is 330 g/mol. The highest BCUT2D eigenvalue weighted by atomic mass is 16.5. The molecule has 3 N–H and O–H groups in total. The highest BCUT2D eigenvalue weighted by molar-refractivity contribution is 5.79. The van der Waals surface area contributed by atoms with E-state index in [0.29, 0.717) is 19.1 Å². The van der Waals surface area contributed by atoms with E-state index in [1.807, 2.05) is 45.2 Å². The molecule has 1 aromatic carbocycles. The average Bonchev–Trinajstić information content (AvgIpc) is 3.05. The van der Waals surface area contributed by atoms with Crippen LogP contribution in [0.3, 0.4) is 0 Å². The van der Waals surface area contributed by atoms with Crippen LogP contribution in [0.25, 0.3) is 0 Å². The number of hydrogen-bond donors (Lipinski definition) is 3. The Labute approximate surface area is 155 Å². The van der Waals surface area contributed by atoms with Gasteiger partial charge in [-0.3, -0.25) is 4.68 Å². The zero-order chi connectivity index (χ0) is 19.0. The summed E-state index contributed by atoms with van der Waals surface area (Å²) in [6.45, 7) is 7.85. The van der Waals surface area contributed by atoms with Gasteiger partial charge in [-0.2, -0.15) is 5.10 Å². The van der Waals surface area contributed by atoms with E-state index in [9.17, 15) is 5.11 Å². The van der Waals surface area contributed by atoms with Crippen LogP contribution in [0.2, 0.25) is 0 Å². The quantitative estimate of drug-likeness (QED) is 0.379. The number of aryl methyl sites for hydroxylation is 2. The molecule has 7 nitrogen and oxygen atoms in total. The SMILES string of the molecule is CCNC(=NCC(C)(O)c1cnn(C)c1)NCCOc1ccccc1C. The summed E-state index contributed by atoms with van der Waals surface area (Å²) in [5.74, 6) is 1.53. The van der Waals surface area contributed by atoms with Crippen molar-refractivity contribution in [1.82, 2.24) is 20.4 Å². The van der Waals surface area contributed by atoms with Crippen molar-refractivity contribution >= 4 is 5.96 Å². The molecule has 26 heavy (non-hydrogen) atoms. The molecule has 1 unspecified atom stereocenters. The Kier molecular flexibility index (Phi) is 7.03. The normalized spacial score (nSPS) is 14.0. The van der Waals surface area contributed by atoms with Crippen LogP contribution in [0.1, 0.15) is 25.0 Å². The van der Waals surface area contributed by atoms with Crippen LogP contribution in [0.5, 0.6) is 5.75 Å². The van der Waals surface area contributed by atoms with E-state index in [-0.39, 0.29) is 6.54 Å². The molecule has 0 amide bonds. The summed E-state index contributed by atoms with van der Waals surface area (Å²) in [4.78, 5) is 4.48. The smallest absolute Gasteiger partial charge is 0.191 e. The second kappa shape index (κ2) is 9.24. The number of para-hydroxylation sites is 1. The van der Waals surface area contributed by atoms with Gasteiger partial charge in [0.05, 0.1) is 19.3 Å². The summed E-state index contributed by atoms with van der Waals surface area (Å²) in [5, 5.41) is 21.1. The molecule has 2 aromatic rings. The second-order valence-electron chi connectivity index (χ2n) is 6.41. The Bertz CT molecular complexity index is 724. The zero-order valence-corrected chi connectivity index (χ0v) is 16.0. The van der Waals surface area contributed by atoms with Crippen molar-refractivity contribution in [3.8, 4) is 5.75 Å². The van der Waals surface area contributed by atoms with Gasteiger partial charge in [-0.15, -0.1) is 0 Å². The Morgan fingerprint density at radius 1 is 1.35 bits per heavy atom. The minimum atomic E-state index is -1.08. The van der Waals surface area contributed by atoms with E-state index >= 15 is 0 Å². The first-order valence-electron chi connectivity index (χ1n) is 8.84. The maximum Gasteiger partial charge on any atom is 0.191 e. The van der Waals surface area contributed by atoms with Gasteiger partial charge in [-0.1, -0.05) is 18.2 Å². The molecular formula is C19H29N5O2. The standard InChI is InChI=1S/C19H29N5O2/c1-5-20-18(21-10-11-26-17-9-7-6-8-15(17)2)22-14-19(3,25)16-12-23-24(4)13-16/h6-9,12-13,25H,5,10-11,14H2,1-4H3,(H2,20,21,22). The molecule has 0 saturated heterocycles. The molecule has 0 aliphatic heterocycles. The summed E-state index contributed by atoms with van der Waals surface area (Å²) in [6, 6.07) is 7.93. The number of hydrogen-bond acceptors (Lipinski definition) is 4. The topological polar surface area (TPSA) is 83.7 Å². The number of ether oxygens (including phenoxy) is 1. The van der Waals surface area contributed by atoms with Gasteiger partial charge in [0.1, 0.15) is 18.0 Å². The van der Waals surface area contributed by atoms with Crippen LogP contribution in [0.15, 0.2) is 41.7 Å². The summed E-state index contributed by atoms with van der Waals surface area (Å²) in [6.07, 6.45) is 3.46. The minimum absolute atomic E-state index is 0.229. The highest BCUT2D eigenvalue weighted by Gasteiger charge is 2.24. The van der Waals surface area contributed by atoms with Crippen LogP contribution >= 0.6 is 0 Å². The molecule has 0 saturated carbocycles. The first-order valence-corrected chi connectivity index (χ1v) is 8.84. The summed E-state index contributed by atoms with van der Waals surface area (Å²) in [5.41, 5.74) is 0.775. The predicted molar refractivity (Wildman–Crippen MR) is 103 cm³/mol. The molecule has 0 radical (unpaired) electrons. The van der Waals surface area contributed by atoms with Crippen molar-refractivity contribution in [2.24, 2.45) is 12.0 Å². The Morgan fingerprint density at radius 2 is 2.12 bits per heavy atom. The summed E-state index contributed by atoms with van der Waals surface area (Å²) >= 11 is 0. The number of nitrogens with zero attached hydrogens (tertiary/aromatic N) is 3. The second-order valence-corrected chi connectivity index (χ2v) is 6.41. The monoisotopic (exact) mass is 359 g/mol. The zero-order valence-electron chi connectivity index (χ0n) is 16.0. The van der Waals surface area contributed by atoms with E-state index in [1.54, 1.807) is 24.0 Å². The third kappa shape index (κ3) is 5.77. The van der Waals surface area contributed by atoms with Crippen molar-refractivity contribution in [3.05, 3.63) is 47.8 Å². The largest absolute Gasteiger partial charge is 0.491 e. The van der Waals surface area contributed by atoms with Gasteiger partial charge in [0.15, 0.2) is 5.96 Å². The lowest BCUT2D eigenvalue weighted by Crippen LogP contribution is -2.40. The van der Waals surface area contributed by atoms with E-state index in [0.717, 1.165) is 23.4 Å². The number of guanidine groups is 1. The van der Waals surface area contributed by atoms with Crippen molar-refractivity contribution in [2.75, 3.05) is 26.2 Å². The third-order valence-electron chi connectivity index (χ3n) is 3.96. The van der Waals surface area contributed by atoms with Gasteiger partial charge >= 0.3 is 0 Å². The first-order chi connectivity index (χ1) is 12.4. The molecule has 1 heterocycles. The molecule has 7 heteroatoms. The van der Waals surface area contributed by atoms with Crippen LogP contribution in [0.4, 0.5) is 0 Å². The summed E-state index contributed by atoms with van der Waals surface area (Å²) in [7, 11) is 1.82. The number of aliphatic imine (C=N–C) groups is 1. The predicted octanol–water partition coefficient (Wildman–Crippen LogP) is 1.57. The number of benzene rings is 1. The molecule has 1 aromatic heterocycles. The lowest BCUT2D eigenvalue weighted by molar-refractivity contribution is 0.0672. The van der Waals surface area contributed by atoms with Gasteiger partial charge in [0.2, 0.25) is 0 Å². The molecule has 0 fully saturated rings. The van der Waals surface area contributed by atoms with Gasteiger partial charge < -0.3 is 20.5 Å².